The number of carbonyl (C=O) groups excluding carboxylic acids is 1. The molecule has 0 radical (unpaired) electrons. The number of hydrogen-bond donors (Lipinski definition) is 1. The highest BCUT2D eigenvalue weighted by molar-refractivity contribution is 7.90. The fourth-order valence-corrected chi connectivity index (χ4v) is 3.67. The molecule has 1 aliphatic rings. The molecule has 0 spiro atoms. The van der Waals surface area contributed by atoms with Gasteiger partial charge in [0.1, 0.15) is 0 Å². The maximum atomic E-state index is 12.4. The largest absolute Gasteiger partial charge is 0.379 e. The Labute approximate surface area is 160 Å². The van der Waals surface area contributed by atoms with Crippen LogP contribution in [0.2, 0.25) is 0 Å². The molecule has 0 bridgehead atoms. The minimum absolute atomic E-state index is 0.141. The first-order valence-electron chi connectivity index (χ1n) is 8.88. The summed E-state index contributed by atoms with van der Waals surface area (Å²) in [6.45, 7) is 4.64. The SMILES string of the molecule is CS(=O)(=O)c1cccc(C(=O)NCc2cccc(CN3CCOCC3)c2)c1. The second-order valence-corrected chi connectivity index (χ2v) is 8.71. The molecule has 144 valence electrons. The highest BCUT2D eigenvalue weighted by Crippen LogP contribution is 2.13. The van der Waals surface area contributed by atoms with Crippen molar-refractivity contribution in [3.05, 3.63) is 65.2 Å². The summed E-state index contributed by atoms with van der Waals surface area (Å²) in [6, 6.07) is 14.2. The molecule has 1 amide bonds. The quantitative estimate of drug-likeness (QED) is 0.817. The van der Waals surface area contributed by atoms with Gasteiger partial charge in [-0.1, -0.05) is 30.3 Å². The van der Waals surface area contributed by atoms with Crippen LogP contribution in [-0.2, 0) is 27.7 Å². The third-order valence-corrected chi connectivity index (χ3v) is 5.59. The number of hydrogen-bond acceptors (Lipinski definition) is 5. The van der Waals surface area contributed by atoms with E-state index in [2.05, 4.69) is 22.3 Å². The second-order valence-electron chi connectivity index (χ2n) is 6.69. The lowest BCUT2D eigenvalue weighted by Crippen LogP contribution is -2.35. The number of ether oxygens (including phenoxy) is 1. The van der Waals surface area contributed by atoms with E-state index in [9.17, 15) is 13.2 Å². The van der Waals surface area contributed by atoms with E-state index in [1.807, 2.05) is 12.1 Å². The van der Waals surface area contributed by atoms with E-state index >= 15 is 0 Å². The Morgan fingerprint density at radius 1 is 1.07 bits per heavy atom. The molecule has 1 fully saturated rings. The zero-order chi connectivity index (χ0) is 19.3. The lowest BCUT2D eigenvalue weighted by molar-refractivity contribution is 0.0342. The smallest absolute Gasteiger partial charge is 0.251 e. The maximum absolute atomic E-state index is 12.4. The van der Waals surface area contributed by atoms with Gasteiger partial charge in [-0.25, -0.2) is 8.42 Å². The van der Waals surface area contributed by atoms with E-state index in [1.165, 1.54) is 17.7 Å². The van der Waals surface area contributed by atoms with E-state index in [0.717, 1.165) is 44.7 Å². The zero-order valence-electron chi connectivity index (χ0n) is 15.3. The van der Waals surface area contributed by atoms with Crippen LogP contribution < -0.4 is 5.32 Å². The van der Waals surface area contributed by atoms with Crippen molar-refractivity contribution >= 4 is 15.7 Å². The summed E-state index contributed by atoms with van der Waals surface area (Å²) in [5.74, 6) is -0.293. The van der Waals surface area contributed by atoms with Crippen molar-refractivity contribution in [2.45, 2.75) is 18.0 Å². The van der Waals surface area contributed by atoms with Crippen molar-refractivity contribution in [2.75, 3.05) is 32.6 Å². The second kappa shape index (κ2) is 8.65. The number of benzene rings is 2. The number of amides is 1. The molecule has 6 nitrogen and oxygen atoms in total. The maximum Gasteiger partial charge on any atom is 0.251 e. The summed E-state index contributed by atoms with van der Waals surface area (Å²) in [6.07, 6.45) is 1.13. The molecule has 0 atom stereocenters. The monoisotopic (exact) mass is 388 g/mol. The molecule has 7 heteroatoms. The van der Waals surface area contributed by atoms with Gasteiger partial charge in [-0.3, -0.25) is 9.69 Å². The van der Waals surface area contributed by atoms with Crippen LogP contribution >= 0.6 is 0 Å². The van der Waals surface area contributed by atoms with Gasteiger partial charge in [-0.05, 0) is 29.3 Å². The summed E-state index contributed by atoms with van der Waals surface area (Å²) >= 11 is 0. The lowest BCUT2D eigenvalue weighted by atomic mass is 10.1. The normalized spacial score (nSPS) is 15.4. The van der Waals surface area contributed by atoms with E-state index < -0.39 is 9.84 Å². The van der Waals surface area contributed by atoms with Crippen LogP contribution in [0.25, 0.3) is 0 Å². The van der Waals surface area contributed by atoms with Crippen LogP contribution in [0.5, 0.6) is 0 Å². The van der Waals surface area contributed by atoms with Crippen molar-refractivity contribution in [2.24, 2.45) is 0 Å². The predicted molar refractivity (Wildman–Crippen MR) is 103 cm³/mol. The van der Waals surface area contributed by atoms with Crippen molar-refractivity contribution in [1.82, 2.24) is 10.2 Å². The molecule has 1 saturated heterocycles. The summed E-state index contributed by atoms with van der Waals surface area (Å²) < 4.78 is 28.7. The molecule has 2 aromatic carbocycles. The Morgan fingerprint density at radius 3 is 2.52 bits per heavy atom. The number of nitrogens with one attached hydrogen (secondary N) is 1. The molecule has 2 aromatic rings. The summed E-state index contributed by atoms with van der Waals surface area (Å²) in [5, 5.41) is 2.86. The van der Waals surface area contributed by atoms with Crippen LogP contribution in [0.15, 0.2) is 53.4 Å². The van der Waals surface area contributed by atoms with E-state index in [-0.39, 0.29) is 10.8 Å². The lowest BCUT2D eigenvalue weighted by Gasteiger charge is -2.26. The van der Waals surface area contributed by atoms with Gasteiger partial charge >= 0.3 is 0 Å². The van der Waals surface area contributed by atoms with Gasteiger partial charge in [0.05, 0.1) is 18.1 Å². The Balaban J connectivity index is 1.61. The van der Waals surface area contributed by atoms with Crippen LogP contribution in [0.1, 0.15) is 21.5 Å². The molecule has 1 aliphatic heterocycles. The van der Waals surface area contributed by atoms with Crippen molar-refractivity contribution < 1.29 is 17.9 Å². The first-order chi connectivity index (χ1) is 12.9. The van der Waals surface area contributed by atoms with Crippen LogP contribution in [0.4, 0.5) is 0 Å². The first kappa shape index (κ1) is 19.5. The van der Waals surface area contributed by atoms with E-state index in [1.54, 1.807) is 12.1 Å². The summed E-state index contributed by atoms with van der Waals surface area (Å²) in [7, 11) is -3.34. The topological polar surface area (TPSA) is 75.7 Å². The highest BCUT2D eigenvalue weighted by atomic mass is 32.2. The van der Waals surface area contributed by atoms with Gasteiger partial charge < -0.3 is 10.1 Å². The van der Waals surface area contributed by atoms with Crippen LogP contribution in [-0.4, -0.2) is 51.8 Å². The first-order valence-corrected chi connectivity index (χ1v) is 10.8. The molecule has 1 heterocycles. The molecular weight excluding hydrogens is 364 g/mol. The molecular formula is C20H24N2O4S. The Hall–Kier alpha value is -2.22. The number of morpholine rings is 1. The summed E-state index contributed by atoms with van der Waals surface area (Å²) in [4.78, 5) is 14.9. The molecule has 0 unspecified atom stereocenters. The average Bonchev–Trinajstić information content (AvgIpc) is 2.67. The molecule has 0 saturated carbocycles. The fourth-order valence-electron chi connectivity index (χ4n) is 3.01. The van der Waals surface area contributed by atoms with Gasteiger partial charge in [-0.2, -0.15) is 0 Å². The fraction of sp³-hybridized carbons (Fsp3) is 0.350. The zero-order valence-corrected chi connectivity index (χ0v) is 16.2. The van der Waals surface area contributed by atoms with E-state index in [0.29, 0.717) is 12.1 Å². The molecule has 27 heavy (non-hydrogen) atoms. The van der Waals surface area contributed by atoms with Crippen LogP contribution in [0.3, 0.4) is 0 Å². The van der Waals surface area contributed by atoms with Crippen molar-refractivity contribution in [3.8, 4) is 0 Å². The number of nitrogens with zero attached hydrogens (tertiary/aromatic N) is 1. The Kier molecular flexibility index (Phi) is 6.26. The van der Waals surface area contributed by atoms with Crippen molar-refractivity contribution in [1.29, 1.82) is 0 Å². The third-order valence-electron chi connectivity index (χ3n) is 4.48. The minimum Gasteiger partial charge on any atom is -0.379 e. The molecule has 3 rings (SSSR count). The van der Waals surface area contributed by atoms with Crippen molar-refractivity contribution in [3.63, 3.8) is 0 Å². The predicted octanol–water partition coefficient (Wildman–Crippen LogP) is 1.85. The third kappa shape index (κ3) is 5.63. The number of sulfone groups is 1. The number of rotatable bonds is 6. The minimum atomic E-state index is -3.34. The average molecular weight is 388 g/mol. The molecule has 0 aromatic heterocycles. The van der Waals surface area contributed by atoms with Gasteiger partial charge in [0.2, 0.25) is 0 Å². The highest BCUT2D eigenvalue weighted by Gasteiger charge is 2.13. The molecule has 1 N–H and O–H groups in total. The van der Waals surface area contributed by atoms with Gasteiger partial charge in [0, 0.05) is 38.0 Å². The molecule has 0 aliphatic carbocycles. The van der Waals surface area contributed by atoms with Gasteiger partial charge in [0.15, 0.2) is 9.84 Å². The Bertz CT molecular complexity index is 906. The summed E-state index contributed by atoms with van der Waals surface area (Å²) in [5.41, 5.74) is 2.54. The Morgan fingerprint density at radius 2 is 1.78 bits per heavy atom. The van der Waals surface area contributed by atoms with E-state index in [4.69, 9.17) is 4.74 Å². The van der Waals surface area contributed by atoms with Gasteiger partial charge in [0.25, 0.3) is 5.91 Å². The standard InChI is InChI=1S/C20H24N2O4S/c1-27(24,25)19-7-3-6-18(13-19)20(23)21-14-16-4-2-5-17(12-16)15-22-8-10-26-11-9-22/h2-7,12-13H,8-11,14-15H2,1H3,(H,21,23). The van der Waals surface area contributed by atoms with Gasteiger partial charge in [-0.15, -0.1) is 0 Å². The van der Waals surface area contributed by atoms with Crippen LogP contribution in [0, 0.1) is 0 Å². The number of carbonyl (C=O) groups is 1.